The molecule has 1 aromatic rings. The lowest BCUT2D eigenvalue weighted by Gasteiger charge is -2.34. The standard InChI is InChI=1S/C17H27BN2O2/c1-13-12-20(10-9-19-13)15-8-6-7-14(11-15)18-21-16(2,3)17(4,5)22-18/h6-8,11,13,19H,9-10,12H2,1-5H3. The summed E-state index contributed by atoms with van der Waals surface area (Å²) in [6.07, 6.45) is 0. The monoisotopic (exact) mass is 302 g/mol. The molecule has 0 radical (unpaired) electrons. The van der Waals surface area contributed by atoms with Crippen LogP contribution in [0.15, 0.2) is 24.3 Å². The predicted octanol–water partition coefficient (Wildman–Crippen LogP) is 1.78. The first-order valence-corrected chi connectivity index (χ1v) is 8.22. The van der Waals surface area contributed by atoms with Gasteiger partial charge in [-0.1, -0.05) is 12.1 Å². The molecular formula is C17H27BN2O2. The molecule has 22 heavy (non-hydrogen) atoms. The number of hydrogen-bond donors (Lipinski definition) is 1. The SMILES string of the molecule is CC1CN(c2cccc(B3OC(C)(C)C(C)(C)O3)c2)CCN1. The Balaban J connectivity index is 1.80. The molecule has 2 aliphatic rings. The zero-order valence-electron chi connectivity index (χ0n) is 14.3. The molecule has 2 fully saturated rings. The number of piperazine rings is 1. The van der Waals surface area contributed by atoms with Crippen molar-refractivity contribution in [3.05, 3.63) is 24.3 Å². The Labute approximate surface area is 134 Å². The van der Waals surface area contributed by atoms with Crippen LogP contribution in [0.3, 0.4) is 0 Å². The summed E-state index contributed by atoms with van der Waals surface area (Å²) in [5, 5.41) is 3.48. The van der Waals surface area contributed by atoms with E-state index in [9.17, 15) is 0 Å². The van der Waals surface area contributed by atoms with Crippen LogP contribution in [-0.2, 0) is 9.31 Å². The quantitative estimate of drug-likeness (QED) is 0.845. The minimum absolute atomic E-state index is 0.287. The molecule has 1 N–H and O–H groups in total. The maximum atomic E-state index is 6.16. The van der Waals surface area contributed by atoms with Gasteiger partial charge >= 0.3 is 7.12 Å². The van der Waals surface area contributed by atoms with Gasteiger partial charge in [0.25, 0.3) is 0 Å². The number of hydrogen-bond acceptors (Lipinski definition) is 4. The summed E-state index contributed by atoms with van der Waals surface area (Å²) in [6, 6.07) is 9.10. The Kier molecular flexibility index (Phi) is 4.00. The van der Waals surface area contributed by atoms with Gasteiger partial charge in [-0.25, -0.2) is 0 Å². The molecule has 1 aromatic carbocycles. The van der Waals surface area contributed by atoms with Crippen molar-refractivity contribution in [1.29, 1.82) is 0 Å². The van der Waals surface area contributed by atoms with Crippen LogP contribution in [0.1, 0.15) is 34.6 Å². The molecule has 1 atom stereocenters. The Morgan fingerprint density at radius 3 is 2.50 bits per heavy atom. The van der Waals surface area contributed by atoms with E-state index in [0.29, 0.717) is 6.04 Å². The molecule has 0 aliphatic carbocycles. The summed E-state index contributed by atoms with van der Waals surface area (Å²) in [5.74, 6) is 0. The van der Waals surface area contributed by atoms with Crippen LogP contribution in [-0.4, -0.2) is 44.0 Å². The van der Waals surface area contributed by atoms with Crippen LogP contribution in [0, 0.1) is 0 Å². The summed E-state index contributed by atoms with van der Waals surface area (Å²) >= 11 is 0. The fourth-order valence-electron chi connectivity index (χ4n) is 3.01. The van der Waals surface area contributed by atoms with Crippen molar-refractivity contribution < 1.29 is 9.31 Å². The number of nitrogens with zero attached hydrogens (tertiary/aromatic N) is 1. The second-order valence-electron chi connectivity index (χ2n) is 7.48. The third kappa shape index (κ3) is 2.90. The van der Waals surface area contributed by atoms with E-state index in [0.717, 1.165) is 25.1 Å². The van der Waals surface area contributed by atoms with E-state index < -0.39 is 0 Å². The fourth-order valence-corrected chi connectivity index (χ4v) is 3.01. The Morgan fingerprint density at radius 1 is 1.18 bits per heavy atom. The molecule has 5 heteroatoms. The van der Waals surface area contributed by atoms with Crippen molar-refractivity contribution in [1.82, 2.24) is 5.32 Å². The highest BCUT2D eigenvalue weighted by molar-refractivity contribution is 6.62. The van der Waals surface area contributed by atoms with Gasteiger partial charge in [-0.2, -0.15) is 0 Å². The normalized spacial score (nSPS) is 27.2. The van der Waals surface area contributed by atoms with Crippen LogP contribution in [0.5, 0.6) is 0 Å². The highest BCUT2D eigenvalue weighted by Crippen LogP contribution is 2.36. The smallest absolute Gasteiger partial charge is 0.399 e. The van der Waals surface area contributed by atoms with Gasteiger partial charge in [0, 0.05) is 31.4 Å². The van der Waals surface area contributed by atoms with E-state index in [1.807, 2.05) is 0 Å². The van der Waals surface area contributed by atoms with Crippen LogP contribution in [0.25, 0.3) is 0 Å². The maximum absolute atomic E-state index is 6.16. The minimum Gasteiger partial charge on any atom is -0.399 e. The average molecular weight is 302 g/mol. The van der Waals surface area contributed by atoms with Gasteiger partial charge in [-0.3, -0.25) is 0 Å². The van der Waals surface area contributed by atoms with E-state index in [-0.39, 0.29) is 18.3 Å². The molecule has 1 unspecified atom stereocenters. The molecule has 0 amide bonds. The highest BCUT2D eigenvalue weighted by atomic mass is 16.7. The van der Waals surface area contributed by atoms with Gasteiger partial charge < -0.3 is 19.5 Å². The Bertz CT molecular complexity index is 531. The lowest BCUT2D eigenvalue weighted by molar-refractivity contribution is 0.00578. The molecule has 120 valence electrons. The van der Waals surface area contributed by atoms with Crippen molar-refractivity contribution in [2.24, 2.45) is 0 Å². The van der Waals surface area contributed by atoms with Gasteiger partial charge in [0.05, 0.1) is 11.2 Å². The van der Waals surface area contributed by atoms with E-state index in [2.05, 4.69) is 69.1 Å². The lowest BCUT2D eigenvalue weighted by Crippen LogP contribution is -2.49. The molecular weight excluding hydrogens is 275 g/mol. The first-order valence-electron chi connectivity index (χ1n) is 8.22. The summed E-state index contributed by atoms with van der Waals surface area (Å²) in [5.41, 5.74) is 1.76. The average Bonchev–Trinajstić information content (AvgIpc) is 2.68. The number of nitrogens with one attached hydrogen (secondary N) is 1. The first kappa shape index (κ1) is 15.8. The van der Waals surface area contributed by atoms with Gasteiger partial charge in [-0.05, 0) is 52.2 Å². The second-order valence-corrected chi connectivity index (χ2v) is 7.48. The number of rotatable bonds is 2. The zero-order valence-corrected chi connectivity index (χ0v) is 14.3. The zero-order chi connectivity index (χ0) is 16.0. The molecule has 4 nitrogen and oxygen atoms in total. The van der Waals surface area contributed by atoms with E-state index in [1.54, 1.807) is 0 Å². The number of benzene rings is 1. The summed E-state index contributed by atoms with van der Waals surface area (Å²) in [4.78, 5) is 2.43. The van der Waals surface area contributed by atoms with Crippen molar-refractivity contribution in [3.63, 3.8) is 0 Å². The Hall–Kier alpha value is -1.04. The third-order valence-electron chi connectivity index (χ3n) is 5.13. The van der Waals surface area contributed by atoms with E-state index in [4.69, 9.17) is 9.31 Å². The topological polar surface area (TPSA) is 33.7 Å². The summed E-state index contributed by atoms with van der Waals surface area (Å²) in [6.45, 7) is 13.7. The van der Waals surface area contributed by atoms with E-state index in [1.165, 1.54) is 5.69 Å². The first-order chi connectivity index (χ1) is 10.3. The summed E-state index contributed by atoms with van der Waals surface area (Å²) in [7, 11) is -0.287. The Morgan fingerprint density at radius 2 is 1.86 bits per heavy atom. The molecule has 0 spiro atoms. The molecule has 2 heterocycles. The molecule has 0 bridgehead atoms. The van der Waals surface area contributed by atoms with Crippen LogP contribution in [0.4, 0.5) is 5.69 Å². The lowest BCUT2D eigenvalue weighted by atomic mass is 9.79. The van der Waals surface area contributed by atoms with Crippen LogP contribution < -0.4 is 15.7 Å². The highest BCUT2D eigenvalue weighted by Gasteiger charge is 2.51. The minimum atomic E-state index is -0.294. The van der Waals surface area contributed by atoms with Crippen molar-refractivity contribution >= 4 is 18.3 Å². The van der Waals surface area contributed by atoms with Crippen molar-refractivity contribution in [2.45, 2.75) is 51.9 Å². The van der Waals surface area contributed by atoms with Gasteiger partial charge in [-0.15, -0.1) is 0 Å². The van der Waals surface area contributed by atoms with Gasteiger partial charge in [0.15, 0.2) is 0 Å². The van der Waals surface area contributed by atoms with Crippen molar-refractivity contribution in [3.8, 4) is 0 Å². The molecule has 2 saturated heterocycles. The molecule has 0 aromatic heterocycles. The largest absolute Gasteiger partial charge is 0.494 e. The van der Waals surface area contributed by atoms with Crippen LogP contribution in [0.2, 0.25) is 0 Å². The predicted molar refractivity (Wildman–Crippen MR) is 91.8 cm³/mol. The third-order valence-corrected chi connectivity index (χ3v) is 5.13. The fraction of sp³-hybridized carbons (Fsp3) is 0.647. The van der Waals surface area contributed by atoms with Gasteiger partial charge in [0.2, 0.25) is 0 Å². The maximum Gasteiger partial charge on any atom is 0.494 e. The van der Waals surface area contributed by atoms with E-state index >= 15 is 0 Å². The number of anilines is 1. The second kappa shape index (κ2) is 5.55. The molecule has 0 saturated carbocycles. The van der Waals surface area contributed by atoms with Crippen molar-refractivity contribution in [2.75, 3.05) is 24.5 Å². The van der Waals surface area contributed by atoms with Gasteiger partial charge in [0.1, 0.15) is 0 Å². The summed E-state index contributed by atoms with van der Waals surface area (Å²) < 4.78 is 12.3. The molecule has 3 rings (SSSR count). The molecule has 2 aliphatic heterocycles. The van der Waals surface area contributed by atoms with Crippen LogP contribution >= 0.6 is 0 Å².